The van der Waals surface area contributed by atoms with Gasteiger partial charge >= 0.3 is 0 Å². The number of aromatic amines is 1. The van der Waals surface area contributed by atoms with Crippen LogP contribution in [0.25, 0.3) is 10.9 Å². The Morgan fingerprint density at radius 1 is 0.938 bits per heavy atom. The van der Waals surface area contributed by atoms with Crippen LogP contribution >= 0.6 is 11.6 Å². The summed E-state index contributed by atoms with van der Waals surface area (Å²) in [5.41, 5.74) is 2.69. The van der Waals surface area contributed by atoms with Crippen molar-refractivity contribution in [3.63, 3.8) is 0 Å². The quantitative estimate of drug-likeness (QED) is 0.365. The minimum absolute atomic E-state index is 0.0432. The molecule has 4 rings (SSSR count). The predicted octanol–water partition coefficient (Wildman–Crippen LogP) is 4.03. The van der Waals surface area contributed by atoms with Crippen LogP contribution in [0.5, 0.6) is 0 Å². The molecule has 0 bridgehead atoms. The van der Waals surface area contributed by atoms with Crippen LogP contribution in [0.3, 0.4) is 0 Å². The molecule has 0 spiro atoms. The van der Waals surface area contributed by atoms with E-state index in [0.29, 0.717) is 11.6 Å². The van der Waals surface area contributed by atoms with Crippen molar-refractivity contribution in [2.24, 2.45) is 0 Å². The fraction of sp³-hybridized carbons (Fsp3) is 0.125. The molecular weight excluding hydrogens is 446 g/mol. The molecule has 8 heteroatoms. The maximum Gasteiger partial charge on any atom is 0.241 e. The van der Waals surface area contributed by atoms with Gasteiger partial charge in [-0.1, -0.05) is 60.1 Å². The fourth-order valence-electron chi connectivity index (χ4n) is 3.49. The Hall–Kier alpha value is -3.13. The highest BCUT2D eigenvalue weighted by Gasteiger charge is 2.27. The van der Waals surface area contributed by atoms with E-state index in [0.717, 1.165) is 22.0 Å². The first-order valence-corrected chi connectivity index (χ1v) is 11.9. The summed E-state index contributed by atoms with van der Waals surface area (Å²) in [6.07, 6.45) is 2.00. The van der Waals surface area contributed by atoms with E-state index in [1.165, 1.54) is 24.3 Å². The number of carbonyl (C=O) groups excluding carboxylic acids is 1. The Morgan fingerprint density at radius 3 is 2.38 bits per heavy atom. The average Bonchev–Trinajstić information content (AvgIpc) is 3.21. The van der Waals surface area contributed by atoms with Crippen LogP contribution in [0.4, 0.5) is 0 Å². The molecule has 6 nitrogen and oxygen atoms in total. The van der Waals surface area contributed by atoms with Crippen molar-refractivity contribution in [3.05, 3.63) is 101 Å². The second-order valence-corrected chi connectivity index (χ2v) is 9.55. The summed E-state index contributed by atoms with van der Waals surface area (Å²) in [5.74, 6) is -0.406. The van der Waals surface area contributed by atoms with Crippen LogP contribution < -0.4 is 10.0 Å². The third-order valence-electron chi connectivity index (χ3n) is 5.15. The number of halogens is 1. The Kier molecular flexibility index (Phi) is 6.60. The van der Waals surface area contributed by atoms with Gasteiger partial charge in [0.2, 0.25) is 15.9 Å². The topological polar surface area (TPSA) is 91.1 Å². The summed E-state index contributed by atoms with van der Waals surface area (Å²) in [5, 5.41) is 4.22. The number of sulfonamides is 1. The Morgan fingerprint density at radius 2 is 1.62 bits per heavy atom. The summed E-state index contributed by atoms with van der Waals surface area (Å²) in [6, 6.07) is 22.0. The molecule has 0 fully saturated rings. The van der Waals surface area contributed by atoms with E-state index in [4.69, 9.17) is 11.6 Å². The minimum Gasteiger partial charge on any atom is -0.361 e. The van der Waals surface area contributed by atoms with Crippen molar-refractivity contribution in [1.29, 1.82) is 0 Å². The molecule has 164 valence electrons. The van der Waals surface area contributed by atoms with Gasteiger partial charge in [0.05, 0.1) is 4.90 Å². The van der Waals surface area contributed by atoms with E-state index in [2.05, 4.69) is 15.0 Å². The van der Waals surface area contributed by atoms with E-state index >= 15 is 0 Å². The maximum atomic E-state index is 13.1. The molecule has 0 aliphatic heterocycles. The zero-order valence-electron chi connectivity index (χ0n) is 17.1. The SMILES string of the molecule is O=C(NCc1ccccc1)[C@H](Cc1c[nH]c2ccccc12)NS(=O)(=O)c1ccc(Cl)cc1. The van der Waals surface area contributed by atoms with Crippen molar-refractivity contribution in [2.45, 2.75) is 23.9 Å². The van der Waals surface area contributed by atoms with Gasteiger partial charge in [0, 0.05) is 28.7 Å². The Bertz CT molecular complexity index is 1320. The van der Waals surface area contributed by atoms with Gasteiger partial charge in [-0.3, -0.25) is 4.79 Å². The number of fused-ring (bicyclic) bond motifs is 1. The standard InChI is InChI=1S/C24H22ClN3O3S/c25-19-10-12-20(13-11-19)32(30,31)28-23(24(29)27-15-17-6-2-1-3-7-17)14-18-16-26-22-9-5-4-8-21(18)22/h1-13,16,23,26,28H,14-15H2,(H,27,29)/t23-/m0/s1. The lowest BCUT2D eigenvalue weighted by Crippen LogP contribution is -2.47. The number of carbonyl (C=O) groups is 1. The van der Waals surface area contributed by atoms with E-state index in [1.807, 2.05) is 54.6 Å². The molecule has 0 unspecified atom stereocenters. The van der Waals surface area contributed by atoms with Gasteiger partial charge in [-0.05, 0) is 47.9 Å². The van der Waals surface area contributed by atoms with E-state index < -0.39 is 22.0 Å². The Balaban J connectivity index is 1.59. The number of H-pyrrole nitrogens is 1. The Labute approximate surface area is 191 Å². The normalized spacial score (nSPS) is 12.5. The molecule has 0 aliphatic carbocycles. The second-order valence-electron chi connectivity index (χ2n) is 7.39. The summed E-state index contributed by atoms with van der Waals surface area (Å²) in [7, 11) is -3.94. The van der Waals surface area contributed by atoms with Crippen molar-refractivity contribution in [3.8, 4) is 0 Å². The summed E-state index contributed by atoms with van der Waals surface area (Å²) < 4.78 is 28.5. The first-order valence-electron chi connectivity index (χ1n) is 10.1. The van der Waals surface area contributed by atoms with Gasteiger partial charge in [0.1, 0.15) is 6.04 Å². The number of hydrogen-bond acceptors (Lipinski definition) is 3. The zero-order valence-corrected chi connectivity index (χ0v) is 18.7. The molecule has 0 aliphatic rings. The lowest BCUT2D eigenvalue weighted by atomic mass is 10.0. The molecule has 4 aromatic rings. The van der Waals surface area contributed by atoms with Crippen LogP contribution in [0.1, 0.15) is 11.1 Å². The van der Waals surface area contributed by atoms with E-state index in [1.54, 1.807) is 6.20 Å². The van der Waals surface area contributed by atoms with Gasteiger partial charge in [-0.2, -0.15) is 4.72 Å². The van der Waals surface area contributed by atoms with Gasteiger partial charge in [-0.25, -0.2) is 8.42 Å². The fourth-order valence-corrected chi connectivity index (χ4v) is 4.81. The van der Waals surface area contributed by atoms with Crippen molar-refractivity contribution in [2.75, 3.05) is 0 Å². The number of benzene rings is 3. The van der Waals surface area contributed by atoms with Crippen molar-refractivity contribution >= 4 is 38.4 Å². The van der Waals surface area contributed by atoms with Crippen molar-refractivity contribution in [1.82, 2.24) is 15.0 Å². The molecule has 0 saturated carbocycles. The third-order valence-corrected chi connectivity index (χ3v) is 6.89. The first-order chi connectivity index (χ1) is 15.4. The monoisotopic (exact) mass is 467 g/mol. The number of hydrogen-bond donors (Lipinski definition) is 3. The van der Waals surface area contributed by atoms with Gasteiger partial charge in [0.25, 0.3) is 0 Å². The van der Waals surface area contributed by atoms with Gasteiger partial charge in [0.15, 0.2) is 0 Å². The van der Waals surface area contributed by atoms with Crippen LogP contribution in [0, 0.1) is 0 Å². The molecule has 1 heterocycles. The molecule has 0 radical (unpaired) electrons. The summed E-state index contributed by atoms with van der Waals surface area (Å²) in [4.78, 5) is 16.3. The molecule has 1 atom stereocenters. The highest BCUT2D eigenvalue weighted by molar-refractivity contribution is 7.89. The van der Waals surface area contributed by atoms with Gasteiger partial charge < -0.3 is 10.3 Å². The van der Waals surface area contributed by atoms with Gasteiger partial charge in [-0.15, -0.1) is 0 Å². The molecule has 0 saturated heterocycles. The number of para-hydroxylation sites is 1. The van der Waals surface area contributed by atoms with Crippen LogP contribution in [-0.4, -0.2) is 25.4 Å². The molecule has 32 heavy (non-hydrogen) atoms. The predicted molar refractivity (Wildman–Crippen MR) is 126 cm³/mol. The second kappa shape index (κ2) is 9.56. The van der Waals surface area contributed by atoms with Crippen LogP contribution in [0.15, 0.2) is 90.0 Å². The molecule has 3 aromatic carbocycles. The lowest BCUT2D eigenvalue weighted by molar-refractivity contribution is -0.122. The summed E-state index contributed by atoms with van der Waals surface area (Å²) >= 11 is 5.88. The first kappa shape index (κ1) is 22.1. The molecule has 1 amide bonds. The third kappa shape index (κ3) is 5.19. The zero-order chi connectivity index (χ0) is 22.6. The average molecular weight is 468 g/mol. The van der Waals surface area contributed by atoms with E-state index in [-0.39, 0.29) is 11.3 Å². The number of amides is 1. The maximum absolute atomic E-state index is 13.1. The number of aromatic nitrogens is 1. The van der Waals surface area contributed by atoms with Crippen LogP contribution in [0.2, 0.25) is 5.02 Å². The lowest BCUT2D eigenvalue weighted by Gasteiger charge is -2.19. The summed E-state index contributed by atoms with van der Waals surface area (Å²) in [6.45, 7) is 0.298. The largest absolute Gasteiger partial charge is 0.361 e. The highest BCUT2D eigenvalue weighted by atomic mass is 35.5. The molecular formula is C24H22ClN3O3S. The number of rotatable bonds is 8. The minimum atomic E-state index is -3.94. The number of nitrogens with one attached hydrogen (secondary N) is 3. The van der Waals surface area contributed by atoms with E-state index in [9.17, 15) is 13.2 Å². The smallest absolute Gasteiger partial charge is 0.241 e. The van der Waals surface area contributed by atoms with Crippen LogP contribution in [-0.2, 0) is 27.8 Å². The van der Waals surface area contributed by atoms with Crippen molar-refractivity contribution < 1.29 is 13.2 Å². The highest BCUT2D eigenvalue weighted by Crippen LogP contribution is 2.20. The molecule has 3 N–H and O–H groups in total. The molecule has 1 aromatic heterocycles.